The highest BCUT2D eigenvalue weighted by atomic mass is 16.3. The molecule has 1 N–H and O–H groups in total. The largest absolute Gasteiger partial charge is 0.395 e. The standard InChI is InChI=1S/C25H33N3O2/c1-26(2)17-24(30)27-14-6-7-15-28-22(16-27)25(23(28)18-29)21-12-10-20(11-13-21)19-8-4-3-5-9-19/h3-5,8-13,22-23,25,29H,6-7,14-18H2,1-2H3/t22-,23+,25+/m1/s1. The Morgan fingerprint density at radius 1 is 1.00 bits per heavy atom. The fourth-order valence-electron chi connectivity index (χ4n) is 5.07. The van der Waals surface area contributed by atoms with Crippen molar-refractivity contribution in [1.29, 1.82) is 0 Å². The van der Waals surface area contributed by atoms with Gasteiger partial charge < -0.3 is 14.9 Å². The van der Waals surface area contributed by atoms with Crippen molar-refractivity contribution in [3.63, 3.8) is 0 Å². The number of aliphatic hydroxyl groups is 1. The fraction of sp³-hybridized carbons (Fsp3) is 0.480. The molecule has 5 nitrogen and oxygen atoms in total. The molecule has 0 bridgehead atoms. The van der Waals surface area contributed by atoms with Crippen molar-refractivity contribution in [1.82, 2.24) is 14.7 Å². The highest BCUT2D eigenvalue weighted by molar-refractivity contribution is 5.78. The molecule has 2 fully saturated rings. The minimum atomic E-state index is 0.140. The van der Waals surface area contributed by atoms with Crippen molar-refractivity contribution in [2.24, 2.45) is 0 Å². The van der Waals surface area contributed by atoms with E-state index in [0.29, 0.717) is 6.54 Å². The topological polar surface area (TPSA) is 47.0 Å². The average Bonchev–Trinajstić information content (AvgIpc) is 2.73. The lowest BCUT2D eigenvalue weighted by atomic mass is 9.74. The van der Waals surface area contributed by atoms with Gasteiger partial charge in [-0.2, -0.15) is 0 Å². The molecule has 3 atom stereocenters. The van der Waals surface area contributed by atoms with Gasteiger partial charge in [-0.3, -0.25) is 9.69 Å². The first-order valence-corrected chi connectivity index (χ1v) is 11.0. The Morgan fingerprint density at radius 2 is 1.67 bits per heavy atom. The predicted octanol–water partition coefficient (Wildman–Crippen LogP) is 2.67. The highest BCUT2D eigenvalue weighted by Gasteiger charge is 2.49. The minimum Gasteiger partial charge on any atom is -0.395 e. The van der Waals surface area contributed by atoms with Gasteiger partial charge in [0.2, 0.25) is 5.91 Å². The van der Waals surface area contributed by atoms with E-state index in [4.69, 9.17) is 0 Å². The summed E-state index contributed by atoms with van der Waals surface area (Å²) in [6, 6.07) is 19.6. The van der Waals surface area contributed by atoms with Gasteiger partial charge in [-0.1, -0.05) is 54.6 Å². The molecule has 2 saturated heterocycles. The van der Waals surface area contributed by atoms with Gasteiger partial charge in [0.15, 0.2) is 0 Å². The third-order valence-electron chi connectivity index (χ3n) is 6.58. The maximum atomic E-state index is 12.8. The lowest BCUT2D eigenvalue weighted by molar-refractivity contribution is -0.137. The van der Waals surface area contributed by atoms with Crippen LogP contribution in [-0.2, 0) is 4.79 Å². The van der Waals surface area contributed by atoms with E-state index in [1.54, 1.807) is 0 Å². The maximum Gasteiger partial charge on any atom is 0.236 e. The van der Waals surface area contributed by atoms with Gasteiger partial charge in [0.25, 0.3) is 0 Å². The first-order valence-electron chi connectivity index (χ1n) is 11.0. The number of carbonyl (C=O) groups excluding carboxylic acids is 1. The Hall–Kier alpha value is -2.21. The SMILES string of the molecule is CN(C)CC(=O)N1CCCCN2[C@H](C1)[C@H](c1ccc(-c3ccccc3)cc1)[C@@H]2CO. The predicted molar refractivity (Wildman–Crippen MR) is 120 cm³/mol. The molecule has 0 radical (unpaired) electrons. The molecule has 2 heterocycles. The molecule has 2 aromatic carbocycles. The summed E-state index contributed by atoms with van der Waals surface area (Å²) < 4.78 is 0. The molecule has 2 aliphatic heterocycles. The summed E-state index contributed by atoms with van der Waals surface area (Å²) in [5.41, 5.74) is 3.68. The van der Waals surface area contributed by atoms with Crippen molar-refractivity contribution in [2.45, 2.75) is 30.8 Å². The number of aliphatic hydroxyl groups excluding tert-OH is 1. The smallest absolute Gasteiger partial charge is 0.236 e. The normalized spacial score (nSPS) is 24.7. The summed E-state index contributed by atoms with van der Waals surface area (Å²) in [5.74, 6) is 0.458. The molecule has 0 aliphatic carbocycles. The fourth-order valence-corrected chi connectivity index (χ4v) is 5.07. The molecule has 0 saturated carbocycles. The van der Waals surface area contributed by atoms with Gasteiger partial charge in [0.05, 0.1) is 13.2 Å². The monoisotopic (exact) mass is 407 g/mol. The number of fused-ring (bicyclic) bond motifs is 1. The van der Waals surface area contributed by atoms with Crippen LogP contribution < -0.4 is 0 Å². The van der Waals surface area contributed by atoms with E-state index in [1.165, 1.54) is 16.7 Å². The van der Waals surface area contributed by atoms with Gasteiger partial charge in [-0.25, -0.2) is 0 Å². The molecule has 0 aromatic heterocycles. The number of amides is 1. The Kier molecular flexibility index (Phi) is 6.52. The summed E-state index contributed by atoms with van der Waals surface area (Å²) in [4.78, 5) is 19.2. The van der Waals surface area contributed by atoms with Gasteiger partial charge in [-0.05, 0) is 50.2 Å². The molecule has 160 valence electrons. The van der Waals surface area contributed by atoms with E-state index < -0.39 is 0 Å². The summed E-state index contributed by atoms with van der Waals surface area (Å²) >= 11 is 0. The van der Waals surface area contributed by atoms with Crippen molar-refractivity contribution in [2.75, 3.05) is 46.9 Å². The van der Waals surface area contributed by atoms with Crippen molar-refractivity contribution >= 4 is 5.91 Å². The van der Waals surface area contributed by atoms with Crippen LogP contribution in [0.25, 0.3) is 11.1 Å². The molecule has 30 heavy (non-hydrogen) atoms. The molecule has 2 aromatic rings. The summed E-state index contributed by atoms with van der Waals surface area (Å²) in [6.45, 7) is 3.19. The van der Waals surface area contributed by atoms with E-state index in [2.05, 4.69) is 53.4 Å². The second kappa shape index (κ2) is 9.29. The molecule has 4 rings (SSSR count). The molecule has 1 amide bonds. The molecule has 0 spiro atoms. The third kappa shape index (κ3) is 4.29. The number of hydrogen-bond donors (Lipinski definition) is 1. The molecular formula is C25H33N3O2. The second-order valence-corrected chi connectivity index (χ2v) is 8.85. The van der Waals surface area contributed by atoms with Crippen LogP contribution >= 0.6 is 0 Å². The molecular weight excluding hydrogens is 374 g/mol. The molecule has 2 aliphatic rings. The van der Waals surface area contributed by atoms with E-state index in [1.807, 2.05) is 30.0 Å². The first-order chi connectivity index (χ1) is 14.6. The lowest BCUT2D eigenvalue weighted by Gasteiger charge is -2.57. The van der Waals surface area contributed by atoms with Crippen LogP contribution in [0.1, 0.15) is 24.3 Å². The van der Waals surface area contributed by atoms with Crippen LogP contribution in [0.2, 0.25) is 0 Å². The Balaban J connectivity index is 1.55. The zero-order chi connectivity index (χ0) is 21.1. The lowest BCUT2D eigenvalue weighted by Crippen LogP contribution is -2.68. The van der Waals surface area contributed by atoms with Crippen LogP contribution in [0.3, 0.4) is 0 Å². The Labute approximate surface area is 179 Å². The number of benzene rings is 2. The van der Waals surface area contributed by atoms with Gasteiger partial charge in [-0.15, -0.1) is 0 Å². The van der Waals surface area contributed by atoms with Crippen LogP contribution in [-0.4, -0.2) is 84.7 Å². The van der Waals surface area contributed by atoms with Gasteiger partial charge in [0, 0.05) is 31.1 Å². The quantitative estimate of drug-likeness (QED) is 0.828. The summed E-state index contributed by atoms with van der Waals surface area (Å²) in [5, 5.41) is 10.1. The second-order valence-electron chi connectivity index (χ2n) is 8.85. The van der Waals surface area contributed by atoms with Crippen LogP contribution in [0, 0.1) is 0 Å². The zero-order valence-electron chi connectivity index (χ0n) is 18.1. The van der Waals surface area contributed by atoms with E-state index in [9.17, 15) is 9.90 Å². The Bertz CT molecular complexity index is 837. The number of nitrogens with zero attached hydrogens (tertiary/aromatic N) is 3. The van der Waals surface area contributed by atoms with E-state index >= 15 is 0 Å². The van der Waals surface area contributed by atoms with Crippen molar-refractivity contribution in [3.8, 4) is 11.1 Å². The van der Waals surface area contributed by atoms with E-state index in [0.717, 1.165) is 32.5 Å². The van der Waals surface area contributed by atoms with Gasteiger partial charge in [0.1, 0.15) is 0 Å². The highest BCUT2D eigenvalue weighted by Crippen LogP contribution is 2.42. The minimum absolute atomic E-state index is 0.140. The van der Waals surface area contributed by atoms with Crippen LogP contribution in [0.4, 0.5) is 0 Å². The third-order valence-corrected chi connectivity index (χ3v) is 6.58. The van der Waals surface area contributed by atoms with Crippen molar-refractivity contribution in [3.05, 3.63) is 60.2 Å². The Morgan fingerprint density at radius 3 is 2.33 bits per heavy atom. The zero-order valence-corrected chi connectivity index (χ0v) is 18.1. The number of rotatable bonds is 5. The first kappa shape index (κ1) is 21.0. The maximum absolute atomic E-state index is 12.8. The van der Waals surface area contributed by atoms with Crippen LogP contribution in [0.5, 0.6) is 0 Å². The number of carbonyl (C=O) groups is 1. The number of likely N-dealkylation sites (N-methyl/N-ethyl adjacent to an activating group) is 1. The van der Waals surface area contributed by atoms with Crippen LogP contribution in [0.15, 0.2) is 54.6 Å². The number of hydrogen-bond acceptors (Lipinski definition) is 4. The summed E-state index contributed by atoms with van der Waals surface area (Å²) in [7, 11) is 3.88. The average molecular weight is 408 g/mol. The molecule has 0 unspecified atom stereocenters. The summed E-state index contributed by atoms with van der Waals surface area (Å²) in [6.07, 6.45) is 2.09. The van der Waals surface area contributed by atoms with Crippen molar-refractivity contribution < 1.29 is 9.90 Å². The van der Waals surface area contributed by atoms with Gasteiger partial charge >= 0.3 is 0 Å². The molecule has 5 heteroatoms. The van der Waals surface area contributed by atoms with E-state index in [-0.39, 0.29) is 30.5 Å².